The Morgan fingerprint density at radius 1 is 1.50 bits per heavy atom. The van der Waals surface area contributed by atoms with Crippen molar-refractivity contribution in [3.05, 3.63) is 18.0 Å². The molecule has 0 radical (unpaired) electrons. The zero-order valence-corrected chi connectivity index (χ0v) is 7.66. The predicted molar refractivity (Wildman–Crippen MR) is 49.1 cm³/mol. The summed E-state index contributed by atoms with van der Waals surface area (Å²) >= 11 is 0. The van der Waals surface area contributed by atoms with Gasteiger partial charge in [0.05, 0.1) is 5.69 Å². The smallest absolute Gasteiger partial charge is 0.0655 e. The van der Waals surface area contributed by atoms with Gasteiger partial charge in [0.2, 0.25) is 0 Å². The Balaban J connectivity index is 2.11. The quantitative estimate of drug-likeness (QED) is 0.657. The summed E-state index contributed by atoms with van der Waals surface area (Å²) in [6.07, 6.45) is 7.57. The Hall–Kier alpha value is -0.790. The van der Waals surface area contributed by atoms with Crippen LogP contribution >= 0.6 is 0 Å². The molecule has 1 aliphatic rings. The van der Waals surface area contributed by atoms with Crippen LogP contribution in [0.3, 0.4) is 0 Å². The highest BCUT2D eigenvalue weighted by Crippen LogP contribution is 2.32. The number of aromatic nitrogens is 2. The second-order valence-corrected chi connectivity index (χ2v) is 3.58. The van der Waals surface area contributed by atoms with Crippen molar-refractivity contribution < 1.29 is 0 Å². The van der Waals surface area contributed by atoms with Gasteiger partial charge in [0.15, 0.2) is 0 Å². The summed E-state index contributed by atoms with van der Waals surface area (Å²) in [5.74, 6) is 0.762. The number of aryl methyl sites for hydroxylation is 1. The number of nitrogens with zero attached hydrogens (tertiary/aromatic N) is 2. The molecule has 1 aromatic heterocycles. The molecule has 0 bridgehead atoms. The van der Waals surface area contributed by atoms with Crippen molar-refractivity contribution in [1.29, 1.82) is 0 Å². The summed E-state index contributed by atoms with van der Waals surface area (Å²) in [5.41, 5.74) is 1.31. The zero-order chi connectivity index (χ0) is 8.39. The summed E-state index contributed by atoms with van der Waals surface area (Å²) in [6.45, 7) is 3.12. The van der Waals surface area contributed by atoms with E-state index in [0.717, 1.165) is 12.5 Å². The van der Waals surface area contributed by atoms with Crippen LogP contribution < -0.4 is 0 Å². The molecule has 12 heavy (non-hydrogen) atoms. The number of hydrogen-bond acceptors (Lipinski definition) is 1. The molecule has 1 aromatic rings. The fourth-order valence-electron chi connectivity index (χ4n) is 1.99. The minimum absolute atomic E-state index is 0.762. The van der Waals surface area contributed by atoms with E-state index < -0.39 is 0 Å². The molecule has 2 rings (SSSR count). The SMILES string of the molecule is CCn1ccc(C2CCCC2)n1. The van der Waals surface area contributed by atoms with Crippen LogP contribution in [0.2, 0.25) is 0 Å². The summed E-state index contributed by atoms with van der Waals surface area (Å²) in [4.78, 5) is 0. The van der Waals surface area contributed by atoms with Gasteiger partial charge in [-0.05, 0) is 25.8 Å². The van der Waals surface area contributed by atoms with E-state index in [-0.39, 0.29) is 0 Å². The zero-order valence-electron chi connectivity index (χ0n) is 7.66. The van der Waals surface area contributed by atoms with E-state index in [1.165, 1.54) is 31.4 Å². The summed E-state index contributed by atoms with van der Waals surface area (Å²) in [5, 5.41) is 4.53. The lowest BCUT2D eigenvalue weighted by atomic mass is 10.1. The van der Waals surface area contributed by atoms with E-state index in [1.54, 1.807) is 0 Å². The molecule has 0 aliphatic heterocycles. The lowest BCUT2D eigenvalue weighted by molar-refractivity contribution is 0.614. The third-order valence-electron chi connectivity index (χ3n) is 2.76. The second-order valence-electron chi connectivity index (χ2n) is 3.58. The highest BCUT2D eigenvalue weighted by molar-refractivity contribution is 5.07. The van der Waals surface area contributed by atoms with Crippen LogP contribution in [0, 0.1) is 0 Å². The Morgan fingerprint density at radius 2 is 2.25 bits per heavy atom. The van der Waals surface area contributed by atoms with Crippen LogP contribution in [0.15, 0.2) is 12.3 Å². The number of hydrogen-bond donors (Lipinski definition) is 0. The van der Waals surface area contributed by atoms with Crippen molar-refractivity contribution in [3.8, 4) is 0 Å². The van der Waals surface area contributed by atoms with Crippen molar-refractivity contribution in [2.24, 2.45) is 0 Å². The van der Waals surface area contributed by atoms with Gasteiger partial charge >= 0.3 is 0 Å². The Labute approximate surface area is 73.6 Å². The topological polar surface area (TPSA) is 17.8 Å². The van der Waals surface area contributed by atoms with E-state index in [4.69, 9.17) is 0 Å². The van der Waals surface area contributed by atoms with Crippen LogP contribution in [0.1, 0.15) is 44.2 Å². The lowest BCUT2D eigenvalue weighted by Crippen LogP contribution is -1.98. The maximum absolute atomic E-state index is 4.53. The first-order valence-electron chi connectivity index (χ1n) is 4.93. The van der Waals surface area contributed by atoms with E-state index in [1.807, 2.05) is 4.68 Å². The minimum atomic E-state index is 0.762. The van der Waals surface area contributed by atoms with Gasteiger partial charge in [-0.25, -0.2) is 0 Å². The van der Waals surface area contributed by atoms with Crippen molar-refractivity contribution in [2.45, 2.75) is 45.1 Å². The summed E-state index contributed by atoms with van der Waals surface area (Å²) in [7, 11) is 0. The van der Waals surface area contributed by atoms with Crippen molar-refractivity contribution in [1.82, 2.24) is 9.78 Å². The molecule has 0 spiro atoms. The van der Waals surface area contributed by atoms with Crippen LogP contribution in [0.25, 0.3) is 0 Å². The van der Waals surface area contributed by atoms with Crippen molar-refractivity contribution in [3.63, 3.8) is 0 Å². The summed E-state index contributed by atoms with van der Waals surface area (Å²) in [6, 6.07) is 2.18. The molecule has 1 saturated carbocycles. The molecule has 0 atom stereocenters. The molecule has 0 N–H and O–H groups in total. The monoisotopic (exact) mass is 164 g/mol. The normalized spacial score (nSPS) is 18.8. The van der Waals surface area contributed by atoms with Crippen LogP contribution in [0.5, 0.6) is 0 Å². The molecule has 2 heteroatoms. The molecule has 1 heterocycles. The van der Waals surface area contributed by atoms with Gasteiger partial charge in [0, 0.05) is 18.7 Å². The molecule has 1 fully saturated rings. The molecular formula is C10H16N2. The third kappa shape index (κ3) is 1.38. The molecular weight excluding hydrogens is 148 g/mol. The molecule has 0 unspecified atom stereocenters. The maximum atomic E-state index is 4.53. The van der Waals surface area contributed by atoms with Gasteiger partial charge < -0.3 is 0 Å². The molecule has 0 aromatic carbocycles. The fourth-order valence-corrected chi connectivity index (χ4v) is 1.99. The largest absolute Gasteiger partial charge is 0.273 e. The highest BCUT2D eigenvalue weighted by atomic mass is 15.3. The van der Waals surface area contributed by atoms with Gasteiger partial charge in [-0.15, -0.1) is 0 Å². The highest BCUT2D eigenvalue weighted by Gasteiger charge is 2.18. The van der Waals surface area contributed by atoms with Gasteiger partial charge in [0.1, 0.15) is 0 Å². The van der Waals surface area contributed by atoms with Crippen molar-refractivity contribution >= 4 is 0 Å². The van der Waals surface area contributed by atoms with Crippen LogP contribution in [0.4, 0.5) is 0 Å². The van der Waals surface area contributed by atoms with Crippen LogP contribution in [-0.2, 0) is 6.54 Å². The van der Waals surface area contributed by atoms with E-state index in [0.29, 0.717) is 0 Å². The Morgan fingerprint density at radius 3 is 2.83 bits per heavy atom. The van der Waals surface area contributed by atoms with E-state index in [9.17, 15) is 0 Å². The van der Waals surface area contributed by atoms with Crippen molar-refractivity contribution in [2.75, 3.05) is 0 Å². The molecule has 0 amide bonds. The average Bonchev–Trinajstić information content (AvgIpc) is 2.75. The molecule has 1 aliphatic carbocycles. The lowest BCUT2D eigenvalue weighted by Gasteiger charge is -2.03. The van der Waals surface area contributed by atoms with E-state index in [2.05, 4.69) is 24.3 Å². The Kier molecular flexibility index (Phi) is 2.15. The Bertz CT molecular complexity index is 246. The average molecular weight is 164 g/mol. The first kappa shape index (κ1) is 7.84. The number of rotatable bonds is 2. The van der Waals surface area contributed by atoms with Gasteiger partial charge in [0.25, 0.3) is 0 Å². The predicted octanol–water partition coefficient (Wildman–Crippen LogP) is 2.56. The first-order chi connectivity index (χ1) is 5.90. The second kappa shape index (κ2) is 3.30. The molecule has 0 saturated heterocycles. The van der Waals surface area contributed by atoms with Gasteiger partial charge in [-0.3, -0.25) is 4.68 Å². The molecule has 2 nitrogen and oxygen atoms in total. The summed E-state index contributed by atoms with van der Waals surface area (Å²) < 4.78 is 2.02. The maximum Gasteiger partial charge on any atom is 0.0655 e. The van der Waals surface area contributed by atoms with Gasteiger partial charge in [-0.1, -0.05) is 12.8 Å². The van der Waals surface area contributed by atoms with Crippen LogP contribution in [-0.4, -0.2) is 9.78 Å². The minimum Gasteiger partial charge on any atom is -0.273 e. The molecule has 66 valence electrons. The van der Waals surface area contributed by atoms with E-state index >= 15 is 0 Å². The fraction of sp³-hybridized carbons (Fsp3) is 0.700. The van der Waals surface area contributed by atoms with Gasteiger partial charge in [-0.2, -0.15) is 5.10 Å². The first-order valence-corrected chi connectivity index (χ1v) is 4.93. The standard InChI is InChI=1S/C10H16N2/c1-2-12-8-7-10(11-12)9-5-3-4-6-9/h7-9H,2-6H2,1H3. The third-order valence-corrected chi connectivity index (χ3v) is 2.76.